The molecule has 588 valence electrons. The van der Waals surface area contributed by atoms with Crippen LogP contribution in [0.4, 0.5) is 0 Å². The van der Waals surface area contributed by atoms with Crippen LogP contribution >= 0.6 is 0 Å². The molecule has 0 fully saturated rings. The molecule has 19 rings (SSSR count). The molecule has 0 aliphatic heterocycles. The smallest absolute Gasteiger partial charge is 0.471 e. The first-order valence-corrected chi connectivity index (χ1v) is 39.3. The first-order valence-electron chi connectivity index (χ1n) is 39.3. The van der Waals surface area contributed by atoms with Crippen molar-refractivity contribution in [1.82, 2.24) is 59.8 Å². The minimum atomic E-state index is -0.907. The van der Waals surface area contributed by atoms with Gasteiger partial charge in [-0.1, -0.05) is 273 Å². The van der Waals surface area contributed by atoms with Crippen LogP contribution in [0.25, 0.3) is 170 Å². The monoisotopic (exact) mass is 1780 g/mol. The van der Waals surface area contributed by atoms with E-state index in [2.05, 4.69) is 91.0 Å². The Kier molecular flexibility index (Phi) is 22.8. The number of hydrogen-bond donors (Lipinski definition) is 0. The second kappa shape index (κ2) is 35.9. The number of ether oxygens (including phenoxy) is 3. The molecule has 0 atom stereocenters. The van der Waals surface area contributed by atoms with Crippen molar-refractivity contribution in [2.24, 2.45) is 0 Å². The van der Waals surface area contributed by atoms with Gasteiger partial charge in [-0.25, -0.2) is 59.2 Å². The van der Waals surface area contributed by atoms with Crippen molar-refractivity contribution in [3.63, 3.8) is 0 Å². The van der Waals surface area contributed by atoms with Gasteiger partial charge in [0.2, 0.25) is 0 Å². The molecule has 18 nitrogen and oxygen atoms in total. The summed E-state index contributed by atoms with van der Waals surface area (Å²) in [4.78, 5) is 102. The fourth-order valence-electron chi connectivity index (χ4n) is 13.9. The molecule has 0 aliphatic rings. The van der Waals surface area contributed by atoms with Crippen LogP contribution in [-0.4, -0.2) is 77.7 Å². The molecule has 19 heteroatoms. The summed E-state index contributed by atoms with van der Waals surface area (Å²) in [5.41, 5.74) is 16.1. The summed E-state index contributed by atoms with van der Waals surface area (Å²) in [6, 6.07) is 123. The van der Waals surface area contributed by atoms with Gasteiger partial charge in [-0.3, -0.25) is 0 Å². The third-order valence-corrected chi connectivity index (χ3v) is 20.2. The van der Waals surface area contributed by atoms with Crippen molar-refractivity contribution in [1.29, 1.82) is 0 Å². The van der Waals surface area contributed by atoms with Gasteiger partial charge < -0.3 is 29.2 Å². The van der Waals surface area contributed by atoms with Crippen LogP contribution in [0.15, 0.2) is 383 Å². The van der Waals surface area contributed by atoms with Gasteiger partial charge in [0.1, 0.15) is 0 Å². The van der Waals surface area contributed by atoms with E-state index in [0.717, 1.165) is 66.8 Å². The Balaban J connectivity index is 0.0000105. The molecule has 0 saturated heterocycles. The molecule has 0 aliphatic carbocycles. The zero-order valence-electron chi connectivity index (χ0n) is 65.5. The summed E-state index contributed by atoms with van der Waals surface area (Å²) in [7, 11) is 0. The van der Waals surface area contributed by atoms with Crippen molar-refractivity contribution in [3.05, 3.63) is 417 Å². The largest absolute Gasteiger partial charge is 3.00 e. The molecule has 13 aromatic carbocycles. The third kappa shape index (κ3) is 17.9. The Morgan fingerprint density at radius 3 is 0.645 bits per heavy atom. The number of esters is 3. The molecular formula is C105H63IrN12O6. The van der Waals surface area contributed by atoms with Crippen LogP contribution < -0.4 is 14.2 Å². The average molecular weight is 1780 g/mol. The van der Waals surface area contributed by atoms with Crippen LogP contribution in [0, 0.1) is 18.2 Å². The van der Waals surface area contributed by atoms with E-state index >= 15 is 0 Å². The normalized spacial score (nSPS) is 10.9. The minimum Gasteiger partial charge on any atom is -0.471 e. The molecule has 0 unspecified atom stereocenters. The van der Waals surface area contributed by atoms with Gasteiger partial charge >= 0.3 is 38.0 Å². The van der Waals surface area contributed by atoms with Crippen molar-refractivity contribution < 1.29 is 48.7 Å². The molecule has 0 saturated carbocycles. The number of nitrogens with zero attached hydrogens (tertiary/aromatic N) is 12. The minimum absolute atomic E-state index is 0. The van der Waals surface area contributed by atoms with Crippen LogP contribution in [0.2, 0.25) is 0 Å². The van der Waals surface area contributed by atoms with Crippen LogP contribution in [0.3, 0.4) is 0 Å². The first-order chi connectivity index (χ1) is 60.6. The number of benzene rings is 13. The molecule has 124 heavy (non-hydrogen) atoms. The second-order valence-corrected chi connectivity index (χ2v) is 28.4. The molecule has 19 aromatic rings. The van der Waals surface area contributed by atoms with E-state index in [4.69, 9.17) is 74.0 Å². The number of hydrogen-bond acceptors (Lipinski definition) is 18. The summed E-state index contributed by atoms with van der Waals surface area (Å²) >= 11 is 0. The van der Waals surface area contributed by atoms with Gasteiger partial charge in [-0.05, 0) is 86.9 Å². The molecule has 0 radical (unpaired) electrons. The molecule has 0 bridgehead atoms. The number of carbonyl (C=O) groups excluding carboxylic acids is 3. The molecule has 6 aromatic heterocycles. The van der Waals surface area contributed by atoms with Gasteiger partial charge in [-0.15, -0.1) is 89.5 Å². The SMILES string of the molecule is O=C(Oc1c[c-]c(-c2ccc(-c3nc(-c4ccccc4)nc(-c4cccc(-c5ccccc5)c4)n3)cn2)cc1)c1cc(C(=O)Oc2c[c-]c(-c3ccc(-c4nc(-c5ccccc5)nc(-c5cccc(-c6ccccc6)c5)n4)cn3)cc2)cc(C(=O)Oc2c[c-]c(-c3ccc(-c4nc(-c5ccccc5)nc(-c5cccc(-c6ccccc6)c5)n4)cn3)cc2)c1.[Ir+3]. The van der Waals surface area contributed by atoms with Gasteiger partial charge in [0.15, 0.2) is 52.4 Å². The van der Waals surface area contributed by atoms with Gasteiger partial charge in [-0.2, -0.15) is 0 Å². The van der Waals surface area contributed by atoms with Crippen molar-refractivity contribution in [2.75, 3.05) is 0 Å². The first kappa shape index (κ1) is 78.6. The van der Waals surface area contributed by atoms with Gasteiger partial charge in [0.05, 0.1) is 16.7 Å². The van der Waals surface area contributed by atoms with E-state index in [1.54, 1.807) is 55.0 Å². The number of rotatable bonds is 21. The van der Waals surface area contributed by atoms with Gasteiger partial charge in [0.25, 0.3) is 0 Å². The molecule has 0 N–H and O–H groups in total. The van der Waals surface area contributed by atoms with E-state index < -0.39 is 17.9 Å². The summed E-state index contributed by atoms with van der Waals surface area (Å²) < 4.78 is 17.8. The molecule has 0 amide bonds. The fraction of sp³-hybridized carbons (Fsp3) is 0. The van der Waals surface area contributed by atoms with Crippen LogP contribution in [-0.2, 0) is 20.1 Å². The maximum absolute atomic E-state index is 14.5. The molecular weight excluding hydrogens is 1720 g/mol. The van der Waals surface area contributed by atoms with E-state index in [1.165, 1.54) is 36.4 Å². The van der Waals surface area contributed by atoms with Crippen molar-refractivity contribution in [2.45, 2.75) is 0 Å². The average Bonchev–Trinajstić information content (AvgIpc) is 0.805. The Morgan fingerprint density at radius 1 is 0.202 bits per heavy atom. The summed E-state index contributed by atoms with van der Waals surface area (Å²) in [6.07, 6.45) is 5.07. The summed E-state index contributed by atoms with van der Waals surface area (Å²) in [6.45, 7) is 0. The van der Waals surface area contributed by atoms with E-state index in [1.807, 2.05) is 218 Å². The topological polar surface area (TPSA) is 234 Å². The van der Waals surface area contributed by atoms with E-state index in [-0.39, 0.29) is 54.0 Å². The Labute approximate surface area is 725 Å². The van der Waals surface area contributed by atoms with Crippen molar-refractivity contribution >= 4 is 17.9 Å². The second-order valence-electron chi connectivity index (χ2n) is 28.4. The predicted octanol–water partition coefficient (Wildman–Crippen LogP) is 22.5. The van der Waals surface area contributed by atoms with Crippen LogP contribution in [0.5, 0.6) is 17.2 Å². The maximum Gasteiger partial charge on any atom is 3.00 e. The standard InChI is InChI=1S/C105H63N12O6.Ir/c118-103(121-88-49-40-70(41-50-88)91-55-46-82(64-106-91)100-112-94(73-28-13-4-14-29-73)109-97(115-100)79-37-19-34-76(58-79)67-22-7-1-8-23-67)85-61-86(104(119)122-89-51-42-71(43-52-89)92-56-47-83(65-107-92)101-113-95(74-30-15-5-16-31-74)110-98(116-101)80-38-20-35-77(59-80)68-24-9-2-10-25-68)63-87(62-85)105(120)123-90-53-44-72(45-54-90)93-57-48-84(66-108-93)102-114-96(75-32-17-6-18-33-75)111-99(117-102)81-39-21-36-78(60-81)69-26-11-3-12-27-69;/h1-40,42,44,46-66H;/q-3;+3. The summed E-state index contributed by atoms with van der Waals surface area (Å²) in [5, 5.41) is 0. The number of aromatic nitrogens is 12. The molecule has 0 spiro atoms. The van der Waals surface area contributed by atoms with E-state index in [9.17, 15) is 14.4 Å². The summed E-state index contributed by atoms with van der Waals surface area (Å²) in [5.74, 6) is 1.91. The van der Waals surface area contributed by atoms with Gasteiger partial charge in [0, 0.05) is 85.9 Å². The zero-order chi connectivity index (χ0) is 82.8. The zero-order valence-corrected chi connectivity index (χ0v) is 67.9. The Morgan fingerprint density at radius 2 is 0.419 bits per heavy atom. The third-order valence-electron chi connectivity index (χ3n) is 20.2. The Bertz CT molecular complexity index is 6390. The number of pyridine rings is 3. The van der Waals surface area contributed by atoms with E-state index in [0.29, 0.717) is 103 Å². The Hall–Kier alpha value is -16.6. The quantitative estimate of drug-likeness (QED) is 0.0369. The number of carbonyl (C=O) groups is 3. The van der Waals surface area contributed by atoms with Crippen LogP contribution in [0.1, 0.15) is 31.1 Å². The fourth-order valence-corrected chi connectivity index (χ4v) is 13.9. The maximum atomic E-state index is 14.5. The molecule has 6 heterocycles. The predicted molar refractivity (Wildman–Crippen MR) is 472 cm³/mol. The van der Waals surface area contributed by atoms with Crippen molar-refractivity contribution in [3.8, 4) is 187 Å².